The van der Waals surface area contributed by atoms with Crippen LogP contribution in [0.2, 0.25) is 0 Å². The molecular formula is C28H30F3N3O. The van der Waals surface area contributed by atoms with Gasteiger partial charge in [-0.3, -0.25) is 0 Å². The third-order valence-corrected chi connectivity index (χ3v) is 5.63. The van der Waals surface area contributed by atoms with E-state index in [1.54, 1.807) is 6.20 Å². The summed E-state index contributed by atoms with van der Waals surface area (Å²) in [5.74, 6) is 0.682. The van der Waals surface area contributed by atoms with Crippen molar-refractivity contribution >= 4 is 6.08 Å². The summed E-state index contributed by atoms with van der Waals surface area (Å²) in [6.45, 7) is 10.6. The SMILES string of the molecule is C=C[C@@](C)(/C=C/c1ccc(OCc2cn(-c3ccc(C(F)(F)F)cc3)nn2)cc1)CCC=C(C)C. The van der Waals surface area contributed by atoms with Crippen LogP contribution in [0.15, 0.2) is 85.1 Å². The van der Waals surface area contributed by atoms with Crippen LogP contribution in [-0.4, -0.2) is 15.0 Å². The van der Waals surface area contributed by atoms with Gasteiger partial charge in [-0.25, -0.2) is 4.68 Å². The van der Waals surface area contributed by atoms with Crippen LogP contribution < -0.4 is 4.74 Å². The number of hydrogen-bond acceptors (Lipinski definition) is 3. The van der Waals surface area contributed by atoms with Crippen molar-refractivity contribution in [2.45, 2.75) is 46.4 Å². The van der Waals surface area contributed by atoms with Crippen LogP contribution in [0.25, 0.3) is 11.8 Å². The van der Waals surface area contributed by atoms with Gasteiger partial charge in [-0.05, 0) is 68.7 Å². The lowest BCUT2D eigenvalue weighted by molar-refractivity contribution is -0.137. The van der Waals surface area contributed by atoms with Gasteiger partial charge in [0.15, 0.2) is 0 Å². The molecule has 7 heteroatoms. The van der Waals surface area contributed by atoms with Gasteiger partial charge in [0.2, 0.25) is 0 Å². The molecule has 2 aromatic carbocycles. The standard InChI is InChI=1S/C28H30F3N3O/c1-5-27(4,17-6-7-21(2)3)18-16-22-8-14-26(15-9-22)35-20-24-19-34(33-32-24)25-12-10-23(11-13-25)28(29,30)31/h5,7-16,18-19H,1,6,17,20H2,2-4H3/b18-16+/t27-/m1/s1. The van der Waals surface area contributed by atoms with Crippen LogP contribution in [0.3, 0.4) is 0 Å². The van der Waals surface area contributed by atoms with Gasteiger partial charge < -0.3 is 4.74 Å². The Bertz CT molecular complexity index is 1170. The van der Waals surface area contributed by atoms with Crippen LogP contribution in [0.5, 0.6) is 5.75 Å². The molecule has 3 rings (SSSR count). The van der Waals surface area contributed by atoms with Crippen LogP contribution in [0.1, 0.15) is 50.4 Å². The maximum Gasteiger partial charge on any atom is 0.416 e. The van der Waals surface area contributed by atoms with Gasteiger partial charge in [-0.1, -0.05) is 54.1 Å². The van der Waals surface area contributed by atoms with Crippen molar-refractivity contribution in [2.75, 3.05) is 0 Å². The predicted molar refractivity (Wildman–Crippen MR) is 133 cm³/mol. The number of benzene rings is 2. The minimum Gasteiger partial charge on any atom is -0.487 e. The molecule has 0 radical (unpaired) electrons. The van der Waals surface area contributed by atoms with E-state index in [2.05, 4.69) is 55.9 Å². The van der Waals surface area contributed by atoms with E-state index in [0.717, 1.165) is 30.5 Å². The fourth-order valence-electron chi connectivity index (χ4n) is 3.34. The van der Waals surface area contributed by atoms with Crippen molar-refractivity contribution in [2.24, 2.45) is 5.41 Å². The quantitative estimate of drug-likeness (QED) is 0.277. The Labute approximate surface area is 204 Å². The number of nitrogens with zero attached hydrogens (tertiary/aromatic N) is 3. The normalized spacial score (nSPS) is 13.4. The summed E-state index contributed by atoms with van der Waals surface area (Å²) in [4.78, 5) is 0. The molecule has 1 heterocycles. The zero-order valence-corrected chi connectivity index (χ0v) is 20.2. The monoisotopic (exact) mass is 481 g/mol. The van der Waals surface area contributed by atoms with E-state index in [1.807, 2.05) is 30.3 Å². The zero-order chi connectivity index (χ0) is 25.5. The Balaban J connectivity index is 1.56. The Morgan fingerprint density at radius 3 is 2.34 bits per heavy atom. The predicted octanol–water partition coefficient (Wildman–Crippen LogP) is 7.82. The number of aromatic nitrogens is 3. The highest BCUT2D eigenvalue weighted by molar-refractivity contribution is 5.52. The minimum absolute atomic E-state index is 0.0833. The van der Waals surface area contributed by atoms with Crippen molar-refractivity contribution in [3.8, 4) is 11.4 Å². The first-order valence-corrected chi connectivity index (χ1v) is 11.4. The third-order valence-electron chi connectivity index (χ3n) is 5.63. The second-order valence-electron chi connectivity index (χ2n) is 8.92. The lowest BCUT2D eigenvalue weighted by Crippen LogP contribution is -2.08. The largest absolute Gasteiger partial charge is 0.487 e. The minimum atomic E-state index is -4.37. The average Bonchev–Trinajstić information content (AvgIpc) is 3.30. The Morgan fingerprint density at radius 1 is 1.06 bits per heavy atom. The summed E-state index contributed by atoms with van der Waals surface area (Å²) >= 11 is 0. The molecular weight excluding hydrogens is 451 g/mol. The molecule has 0 unspecified atom stereocenters. The number of alkyl halides is 3. The van der Waals surface area contributed by atoms with E-state index in [4.69, 9.17) is 4.74 Å². The summed E-state index contributed by atoms with van der Waals surface area (Å²) in [6, 6.07) is 12.5. The topological polar surface area (TPSA) is 39.9 Å². The lowest BCUT2D eigenvalue weighted by atomic mass is 9.84. The van der Waals surface area contributed by atoms with E-state index < -0.39 is 11.7 Å². The van der Waals surface area contributed by atoms with Crippen LogP contribution in [-0.2, 0) is 12.8 Å². The summed E-state index contributed by atoms with van der Waals surface area (Å²) < 4.78 is 45.4. The fourth-order valence-corrected chi connectivity index (χ4v) is 3.34. The fraction of sp³-hybridized carbons (Fsp3) is 0.286. The van der Waals surface area contributed by atoms with Crippen LogP contribution in [0, 0.1) is 5.41 Å². The van der Waals surface area contributed by atoms with Gasteiger partial charge in [0.25, 0.3) is 0 Å². The smallest absolute Gasteiger partial charge is 0.416 e. The molecule has 0 amide bonds. The number of hydrogen-bond donors (Lipinski definition) is 0. The highest BCUT2D eigenvalue weighted by Crippen LogP contribution is 2.30. The van der Waals surface area contributed by atoms with Gasteiger partial charge in [-0.15, -0.1) is 11.7 Å². The molecule has 3 aromatic rings. The zero-order valence-electron chi connectivity index (χ0n) is 20.2. The van der Waals surface area contributed by atoms with Gasteiger partial charge in [-0.2, -0.15) is 13.2 Å². The number of ether oxygens (including phenoxy) is 1. The Hall–Kier alpha value is -3.61. The van der Waals surface area contributed by atoms with Crippen molar-refractivity contribution in [1.29, 1.82) is 0 Å². The van der Waals surface area contributed by atoms with E-state index in [1.165, 1.54) is 22.4 Å². The molecule has 1 atom stereocenters. The highest BCUT2D eigenvalue weighted by atomic mass is 19.4. The van der Waals surface area contributed by atoms with Gasteiger partial charge in [0.1, 0.15) is 18.1 Å². The van der Waals surface area contributed by atoms with E-state index >= 15 is 0 Å². The first-order valence-electron chi connectivity index (χ1n) is 11.4. The van der Waals surface area contributed by atoms with Crippen molar-refractivity contribution in [3.05, 3.63) is 102 Å². The van der Waals surface area contributed by atoms with Crippen molar-refractivity contribution < 1.29 is 17.9 Å². The van der Waals surface area contributed by atoms with Gasteiger partial charge in [0.05, 0.1) is 17.4 Å². The molecule has 1 aromatic heterocycles. The maximum atomic E-state index is 12.7. The second kappa shape index (κ2) is 11.2. The molecule has 0 bridgehead atoms. The molecule has 0 N–H and O–H groups in total. The second-order valence-corrected chi connectivity index (χ2v) is 8.92. The highest BCUT2D eigenvalue weighted by Gasteiger charge is 2.30. The number of rotatable bonds is 10. The molecule has 0 aliphatic heterocycles. The molecule has 35 heavy (non-hydrogen) atoms. The molecule has 0 saturated carbocycles. The van der Waals surface area contributed by atoms with E-state index in [0.29, 0.717) is 17.1 Å². The first kappa shape index (κ1) is 26.0. The van der Waals surface area contributed by atoms with Gasteiger partial charge in [0, 0.05) is 5.41 Å². The molecule has 0 aliphatic rings. The average molecular weight is 482 g/mol. The Morgan fingerprint density at radius 2 is 1.74 bits per heavy atom. The van der Waals surface area contributed by atoms with Crippen molar-refractivity contribution in [3.63, 3.8) is 0 Å². The number of halogens is 3. The number of allylic oxidation sites excluding steroid dienone is 4. The molecule has 0 spiro atoms. The lowest BCUT2D eigenvalue weighted by Gasteiger charge is -2.20. The molecule has 0 saturated heterocycles. The summed E-state index contributed by atoms with van der Waals surface area (Å²) in [6.07, 6.45) is 7.74. The molecule has 184 valence electrons. The van der Waals surface area contributed by atoms with Crippen molar-refractivity contribution in [1.82, 2.24) is 15.0 Å². The first-order chi connectivity index (χ1) is 16.6. The molecule has 0 aliphatic carbocycles. The van der Waals surface area contributed by atoms with Crippen LogP contribution in [0.4, 0.5) is 13.2 Å². The van der Waals surface area contributed by atoms with Crippen LogP contribution >= 0.6 is 0 Å². The third kappa shape index (κ3) is 7.70. The Kier molecular flexibility index (Phi) is 8.33. The maximum absolute atomic E-state index is 12.7. The molecule has 4 nitrogen and oxygen atoms in total. The van der Waals surface area contributed by atoms with E-state index in [9.17, 15) is 13.2 Å². The molecule has 0 fully saturated rings. The van der Waals surface area contributed by atoms with Gasteiger partial charge >= 0.3 is 6.18 Å². The van der Waals surface area contributed by atoms with E-state index in [-0.39, 0.29) is 12.0 Å². The summed E-state index contributed by atoms with van der Waals surface area (Å²) in [5, 5.41) is 8.01. The summed E-state index contributed by atoms with van der Waals surface area (Å²) in [7, 11) is 0. The summed E-state index contributed by atoms with van der Waals surface area (Å²) in [5.41, 5.74) is 2.63.